The van der Waals surface area contributed by atoms with E-state index in [4.69, 9.17) is 4.74 Å². The summed E-state index contributed by atoms with van der Waals surface area (Å²) in [5, 5.41) is 5.68. The van der Waals surface area contributed by atoms with Crippen LogP contribution < -0.4 is 15.4 Å². The molecule has 5 nitrogen and oxygen atoms in total. The average molecular weight is 338 g/mol. The smallest absolute Gasteiger partial charge is 0.265 e. The Hall–Kier alpha value is -2.82. The first-order valence-corrected chi connectivity index (χ1v) is 8.46. The van der Waals surface area contributed by atoms with Crippen molar-refractivity contribution in [1.29, 1.82) is 0 Å². The van der Waals surface area contributed by atoms with Crippen molar-refractivity contribution < 1.29 is 14.3 Å². The van der Waals surface area contributed by atoms with Gasteiger partial charge in [0.2, 0.25) is 5.91 Å². The van der Waals surface area contributed by atoms with Crippen LogP contribution in [0, 0.1) is 12.8 Å². The maximum absolute atomic E-state index is 12.2. The van der Waals surface area contributed by atoms with Crippen LogP contribution in [0.5, 0.6) is 5.75 Å². The number of carbonyl (C=O) groups is 2. The molecule has 1 aliphatic carbocycles. The van der Waals surface area contributed by atoms with Gasteiger partial charge in [0.1, 0.15) is 5.75 Å². The minimum absolute atomic E-state index is 0.0666. The van der Waals surface area contributed by atoms with Crippen molar-refractivity contribution in [2.75, 3.05) is 10.6 Å². The van der Waals surface area contributed by atoms with Gasteiger partial charge >= 0.3 is 0 Å². The molecule has 25 heavy (non-hydrogen) atoms. The van der Waals surface area contributed by atoms with Crippen LogP contribution in [0.1, 0.15) is 25.3 Å². The highest BCUT2D eigenvalue weighted by Gasteiger charge is 2.29. The molecule has 0 heterocycles. The van der Waals surface area contributed by atoms with Gasteiger partial charge in [-0.3, -0.25) is 9.59 Å². The summed E-state index contributed by atoms with van der Waals surface area (Å²) in [7, 11) is 0. The quantitative estimate of drug-likeness (QED) is 0.843. The van der Waals surface area contributed by atoms with Gasteiger partial charge in [0.15, 0.2) is 6.10 Å². The number of hydrogen-bond acceptors (Lipinski definition) is 3. The zero-order valence-corrected chi connectivity index (χ0v) is 14.4. The highest BCUT2D eigenvalue weighted by molar-refractivity contribution is 5.96. The zero-order chi connectivity index (χ0) is 17.8. The summed E-state index contributed by atoms with van der Waals surface area (Å²) in [4.78, 5) is 24.0. The van der Waals surface area contributed by atoms with E-state index < -0.39 is 6.10 Å². The zero-order valence-electron chi connectivity index (χ0n) is 14.4. The highest BCUT2D eigenvalue weighted by Crippen LogP contribution is 2.30. The molecule has 0 bridgehead atoms. The lowest BCUT2D eigenvalue weighted by Crippen LogP contribution is -2.30. The Balaban J connectivity index is 1.52. The first kappa shape index (κ1) is 17.0. The molecule has 3 rings (SSSR count). The molecule has 130 valence electrons. The second-order valence-electron chi connectivity index (χ2n) is 6.40. The molecule has 0 radical (unpaired) electrons. The van der Waals surface area contributed by atoms with E-state index in [-0.39, 0.29) is 17.7 Å². The Labute approximate surface area is 147 Å². The predicted molar refractivity (Wildman–Crippen MR) is 97.7 cm³/mol. The van der Waals surface area contributed by atoms with Crippen molar-refractivity contribution in [3.63, 3.8) is 0 Å². The fourth-order valence-electron chi connectivity index (χ4n) is 2.35. The van der Waals surface area contributed by atoms with Crippen molar-refractivity contribution in [2.24, 2.45) is 5.92 Å². The Bertz CT molecular complexity index is 750. The summed E-state index contributed by atoms with van der Waals surface area (Å²) in [6, 6.07) is 14.6. The molecule has 2 amide bonds. The van der Waals surface area contributed by atoms with Crippen molar-refractivity contribution in [2.45, 2.75) is 32.8 Å². The van der Waals surface area contributed by atoms with Gasteiger partial charge in [0, 0.05) is 17.3 Å². The monoisotopic (exact) mass is 338 g/mol. The van der Waals surface area contributed by atoms with Gasteiger partial charge in [-0.2, -0.15) is 0 Å². The number of anilines is 2. The Kier molecular flexibility index (Phi) is 5.03. The highest BCUT2D eigenvalue weighted by atomic mass is 16.5. The van der Waals surface area contributed by atoms with Crippen LogP contribution in [0.15, 0.2) is 48.5 Å². The van der Waals surface area contributed by atoms with Crippen molar-refractivity contribution in [3.8, 4) is 5.75 Å². The number of carbonyl (C=O) groups excluding carboxylic acids is 2. The molecule has 5 heteroatoms. The van der Waals surface area contributed by atoms with Crippen molar-refractivity contribution >= 4 is 23.2 Å². The molecule has 0 spiro atoms. The third-order valence-electron chi connectivity index (χ3n) is 4.07. The Morgan fingerprint density at radius 3 is 2.08 bits per heavy atom. The topological polar surface area (TPSA) is 67.4 Å². The van der Waals surface area contributed by atoms with Gasteiger partial charge in [0.05, 0.1) is 0 Å². The second-order valence-corrected chi connectivity index (χ2v) is 6.40. The first-order valence-electron chi connectivity index (χ1n) is 8.46. The van der Waals surface area contributed by atoms with Crippen LogP contribution in [0.2, 0.25) is 0 Å². The van der Waals surface area contributed by atoms with Crippen molar-refractivity contribution in [1.82, 2.24) is 0 Å². The average Bonchev–Trinajstić information content (AvgIpc) is 3.43. The molecule has 0 aliphatic heterocycles. The van der Waals surface area contributed by atoms with Gasteiger partial charge in [-0.1, -0.05) is 17.7 Å². The van der Waals surface area contributed by atoms with E-state index in [2.05, 4.69) is 10.6 Å². The van der Waals surface area contributed by atoms with E-state index in [0.29, 0.717) is 11.4 Å². The lowest BCUT2D eigenvalue weighted by atomic mass is 10.2. The van der Waals surface area contributed by atoms with Gasteiger partial charge in [-0.15, -0.1) is 0 Å². The summed E-state index contributed by atoms with van der Waals surface area (Å²) < 4.78 is 5.64. The van der Waals surface area contributed by atoms with Crippen LogP contribution in [0.4, 0.5) is 11.4 Å². The fourth-order valence-corrected chi connectivity index (χ4v) is 2.35. The minimum Gasteiger partial charge on any atom is -0.481 e. The summed E-state index contributed by atoms with van der Waals surface area (Å²) in [5.74, 6) is 0.665. The molecule has 0 aromatic heterocycles. The number of hydrogen-bond donors (Lipinski definition) is 2. The third kappa shape index (κ3) is 4.83. The van der Waals surface area contributed by atoms with E-state index >= 15 is 0 Å². The normalized spacial score (nSPS) is 14.5. The van der Waals surface area contributed by atoms with Crippen LogP contribution in [-0.4, -0.2) is 17.9 Å². The summed E-state index contributed by atoms with van der Waals surface area (Å²) >= 11 is 0. The van der Waals surface area contributed by atoms with Crippen LogP contribution in [-0.2, 0) is 9.59 Å². The molecule has 1 saturated carbocycles. The number of aryl methyl sites for hydroxylation is 1. The van der Waals surface area contributed by atoms with Crippen LogP contribution in [0.25, 0.3) is 0 Å². The molecule has 0 saturated heterocycles. The van der Waals surface area contributed by atoms with E-state index in [9.17, 15) is 9.59 Å². The van der Waals surface area contributed by atoms with Gasteiger partial charge in [0.25, 0.3) is 5.91 Å². The Morgan fingerprint density at radius 1 is 0.960 bits per heavy atom. The molecule has 1 aliphatic rings. The molecule has 2 aromatic carbocycles. The lowest BCUT2D eigenvalue weighted by molar-refractivity contribution is -0.122. The fraction of sp³-hybridized carbons (Fsp3) is 0.300. The number of nitrogens with one attached hydrogen (secondary N) is 2. The number of rotatable bonds is 6. The standard InChI is InChI=1S/C20H22N2O3/c1-13-3-11-18(12-4-13)25-14(2)19(23)21-16-7-9-17(10-8-16)22-20(24)15-5-6-15/h3-4,7-12,14-15H,5-6H2,1-2H3,(H,21,23)(H,22,24). The summed E-state index contributed by atoms with van der Waals surface area (Å²) in [6.07, 6.45) is 1.33. The number of ether oxygens (including phenoxy) is 1. The van der Waals surface area contributed by atoms with Crippen LogP contribution >= 0.6 is 0 Å². The van der Waals surface area contributed by atoms with E-state index in [1.807, 2.05) is 31.2 Å². The second kappa shape index (κ2) is 7.38. The minimum atomic E-state index is -0.614. The first-order chi connectivity index (χ1) is 12.0. The molecule has 1 fully saturated rings. The van der Waals surface area contributed by atoms with Crippen LogP contribution in [0.3, 0.4) is 0 Å². The number of amides is 2. The predicted octanol–water partition coefficient (Wildman–Crippen LogP) is 3.75. The van der Waals surface area contributed by atoms with Gasteiger partial charge < -0.3 is 15.4 Å². The van der Waals surface area contributed by atoms with Gasteiger partial charge in [-0.05, 0) is 63.1 Å². The SMILES string of the molecule is Cc1ccc(OC(C)C(=O)Nc2ccc(NC(=O)C3CC3)cc2)cc1. The summed E-state index contributed by atoms with van der Waals surface area (Å²) in [5.41, 5.74) is 2.53. The van der Waals surface area contributed by atoms with E-state index in [0.717, 1.165) is 24.1 Å². The maximum Gasteiger partial charge on any atom is 0.265 e. The molecule has 1 atom stereocenters. The maximum atomic E-state index is 12.2. The molecule has 2 aromatic rings. The Morgan fingerprint density at radius 2 is 1.52 bits per heavy atom. The molecular formula is C20H22N2O3. The summed E-state index contributed by atoms with van der Waals surface area (Å²) in [6.45, 7) is 3.70. The third-order valence-corrected chi connectivity index (χ3v) is 4.07. The van der Waals surface area contributed by atoms with Crippen molar-refractivity contribution in [3.05, 3.63) is 54.1 Å². The molecule has 2 N–H and O–H groups in total. The molecule has 1 unspecified atom stereocenters. The largest absolute Gasteiger partial charge is 0.481 e. The van der Waals surface area contributed by atoms with E-state index in [1.165, 1.54) is 0 Å². The van der Waals surface area contributed by atoms with E-state index in [1.54, 1.807) is 31.2 Å². The molecular weight excluding hydrogens is 316 g/mol. The lowest BCUT2D eigenvalue weighted by Gasteiger charge is -2.15. The number of benzene rings is 2. The van der Waals surface area contributed by atoms with Gasteiger partial charge in [-0.25, -0.2) is 0 Å².